The van der Waals surface area contributed by atoms with Crippen LogP contribution in [0.1, 0.15) is 59.5 Å². The van der Waals surface area contributed by atoms with E-state index in [1.807, 2.05) is 0 Å². The molecule has 1 amide bonds. The molecular weight excluding hydrogens is 476 g/mol. The highest BCUT2D eigenvalue weighted by atomic mass is 32.1. The number of benzene rings is 1. The molecule has 0 aliphatic carbocycles. The molecule has 0 spiro atoms. The molecule has 3 aromatic rings. The molecule has 2 aromatic heterocycles. The van der Waals surface area contributed by atoms with Crippen LogP contribution in [0.5, 0.6) is 0 Å². The van der Waals surface area contributed by atoms with E-state index in [9.17, 15) is 19.2 Å². The van der Waals surface area contributed by atoms with Gasteiger partial charge in [-0.2, -0.15) is 0 Å². The lowest BCUT2D eigenvalue weighted by Gasteiger charge is -2.20. The zero-order chi connectivity index (χ0) is 24.7. The number of esters is 2. The van der Waals surface area contributed by atoms with Gasteiger partial charge in [-0.3, -0.25) is 9.59 Å². The zero-order valence-electron chi connectivity index (χ0n) is 18.9. The summed E-state index contributed by atoms with van der Waals surface area (Å²) >= 11 is 2.20. The van der Waals surface area contributed by atoms with Crippen LogP contribution in [0.4, 0.5) is 5.00 Å². The number of carbonyl (C=O) groups is 4. The third kappa shape index (κ3) is 5.70. The van der Waals surface area contributed by atoms with Crippen molar-refractivity contribution in [2.24, 2.45) is 0 Å². The van der Waals surface area contributed by atoms with Gasteiger partial charge in [0.05, 0.1) is 23.7 Å². The Morgan fingerprint density at radius 3 is 2.24 bits per heavy atom. The molecule has 0 saturated heterocycles. The molecule has 1 unspecified atom stereocenters. The van der Waals surface area contributed by atoms with Crippen LogP contribution in [0.2, 0.25) is 0 Å². The number of ketones is 1. The van der Waals surface area contributed by atoms with Gasteiger partial charge in [-0.25, -0.2) is 9.59 Å². The zero-order valence-corrected chi connectivity index (χ0v) is 20.5. The first-order valence-corrected chi connectivity index (χ1v) is 12.2. The summed E-state index contributed by atoms with van der Waals surface area (Å²) in [5, 5.41) is 7.64. The topological polar surface area (TPSA) is 111 Å². The summed E-state index contributed by atoms with van der Waals surface area (Å²) in [6.07, 6.45) is -1.20. The van der Waals surface area contributed by atoms with Gasteiger partial charge in [-0.1, -0.05) is 24.3 Å². The van der Waals surface area contributed by atoms with Crippen LogP contribution in [0, 0.1) is 6.92 Å². The normalized spacial score (nSPS) is 11.4. The van der Waals surface area contributed by atoms with E-state index in [0.717, 1.165) is 11.3 Å². The second kappa shape index (κ2) is 11.6. The highest BCUT2D eigenvalue weighted by Crippen LogP contribution is 2.35. The third-order valence-corrected chi connectivity index (χ3v) is 6.79. The minimum Gasteiger partial charge on any atom is -0.462 e. The molecule has 3 rings (SSSR count). The Balaban J connectivity index is 2.01. The van der Waals surface area contributed by atoms with Crippen LogP contribution in [-0.4, -0.2) is 43.0 Å². The van der Waals surface area contributed by atoms with Gasteiger partial charge in [0, 0.05) is 5.56 Å². The van der Waals surface area contributed by atoms with Crippen molar-refractivity contribution in [3.8, 4) is 0 Å². The molecule has 0 saturated carbocycles. The number of thiophene rings is 2. The van der Waals surface area contributed by atoms with Crippen LogP contribution < -0.4 is 10.6 Å². The first kappa shape index (κ1) is 25.1. The van der Waals surface area contributed by atoms with Crippen LogP contribution in [0.15, 0.2) is 47.8 Å². The number of carbonyl (C=O) groups excluding carboxylic acids is 4. The standard InChI is InChI=1S/C24H24N2O6S2/c1-4-31-23(29)17-14(3)19(24(30)32-5-2)34-22(17)26-20(18(27)16-12-9-13-33-16)25-21(28)15-10-7-6-8-11-15/h6-13,20,26H,4-5H2,1-3H3,(H,25,28). The first-order valence-electron chi connectivity index (χ1n) is 10.5. The number of ether oxygens (including phenoxy) is 2. The van der Waals surface area contributed by atoms with Crippen LogP contribution in [-0.2, 0) is 9.47 Å². The van der Waals surface area contributed by atoms with Crippen LogP contribution in [0.25, 0.3) is 0 Å². The minimum absolute atomic E-state index is 0.118. The average Bonchev–Trinajstić information content (AvgIpc) is 3.47. The summed E-state index contributed by atoms with van der Waals surface area (Å²) in [5.74, 6) is -2.10. The van der Waals surface area contributed by atoms with Crippen molar-refractivity contribution in [3.63, 3.8) is 0 Å². The Hall–Kier alpha value is -3.50. The minimum atomic E-state index is -1.20. The number of amides is 1. The molecule has 34 heavy (non-hydrogen) atoms. The number of hydrogen-bond acceptors (Lipinski definition) is 9. The van der Waals surface area contributed by atoms with E-state index in [-0.39, 0.29) is 28.7 Å². The summed E-state index contributed by atoms with van der Waals surface area (Å²) < 4.78 is 10.3. The number of nitrogens with one attached hydrogen (secondary N) is 2. The van der Waals surface area contributed by atoms with Gasteiger partial charge < -0.3 is 20.1 Å². The molecule has 0 aliphatic rings. The number of anilines is 1. The van der Waals surface area contributed by atoms with Gasteiger partial charge in [0.2, 0.25) is 5.78 Å². The quantitative estimate of drug-likeness (QED) is 0.239. The van der Waals surface area contributed by atoms with Crippen molar-refractivity contribution in [2.75, 3.05) is 18.5 Å². The first-order chi connectivity index (χ1) is 16.4. The number of rotatable bonds is 10. The van der Waals surface area contributed by atoms with E-state index < -0.39 is 29.8 Å². The Kier molecular flexibility index (Phi) is 8.55. The molecule has 2 heterocycles. The van der Waals surface area contributed by atoms with Crippen molar-refractivity contribution in [1.29, 1.82) is 0 Å². The summed E-state index contributed by atoms with van der Waals surface area (Å²) in [4.78, 5) is 51.9. The summed E-state index contributed by atoms with van der Waals surface area (Å²) in [6, 6.07) is 11.8. The number of Topliss-reactive ketones (excluding diaryl/α,β-unsaturated/α-hetero) is 1. The average molecular weight is 501 g/mol. The molecule has 10 heteroatoms. The van der Waals surface area contributed by atoms with Gasteiger partial charge in [-0.05, 0) is 49.9 Å². The molecule has 1 aromatic carbocycles. The van der Waals surface area contributed by atoms with E-state index >= 15 is 0 Å². The van der Waals surface area contributed by atoms with Crippen molar-refractivity contribution >= 4 is 51.3 Å². The summed E-state index contributed by atoms with van der Waals surface area (Å²) in [7, 11) is 0. The summed E-state index contributed by atoms with van der Waals surface area (Å²) in [6.45, 7) is 5.26. The Labute approximate surface area is 204 Å². The second-order valence-corrected chi connectivity index (χ2v) is 8.93. The Morgan fingerprint density at radius 2 is 1.62 bits per heavy atom. The van der Waals surface area contributed by atoms with E-state index in [2.05, 4.69) is 10.6 Å². The van der Waals surface area contributed by atoms with E-state index in [4.69, 9.17) is 9.47 Å². The largest absolute Gasteiger partial charge is 0.462 e. The molecule has 0 fully saturated rings. The van der Waals surface area contributed by atoms with E-state index in [0.29, 0.717) is 16.0 Å². The smallest absolute Gasteiger partial charge is 0.348 e. The fourth-order valence-electron chi connectivity index (χ4n) is 3.12. The van der Waals surface area contributed by atoms with E-state index in [1.54, 1.807) is 68.6 Å². The molecule has 8 nitrogen and oxygen atoms in total. The predicted octanol–water partition coefficient (Wildman–Crippen LogP) is 4.52. The molecule has 0 bridgehead atoms. The van der Waals surface area contributed by atoms with Gasteiger partial charge in [0.25, 0.3) is 5.91 Å². The third-order valence-electron chi connectivity index (χ3n) is 4.70. The fraction of sp³-hybridized carbons (Fsp3) is 0.250. The van der Waals surface area contributed by atoms with E-state index in [1.165, 1.54) is 11.3 Å². The van der Waals surface area contributed by atoms with Gasteiger partial charge in [0.1, 0.15) is 9.88 Å². The van der Waals surface area contributed by atoms with Crippen molar-refractivity contribution < 1.29 is 28.7 Å². The van der Waals surface area contributed by atoms with Crippen molar-refractivity contribution in [1.82, 2.24) is 5.32 Å². The van der Waals surface area contributed by atoms with Gasteiger partial charge in [0.15, 0.2) is 6.17 Å². The highest BCUT2D eigenvalue weighted by molar-refractivity contribution is 7.18. The molecule has 1 atom stereocenters. The van der Waals surface area contributed by atoms with Crippen molar-refractivity contribution in [2.45, 2.75) is 26.9 Å². The van der Waals surface area contributed by atoms with Gasteiger partial charge >= 0.3 is 11.9 Å². The van der Waals surface area contributed by atoms with Gasteiger partial charge in [-0.15, -0.1) is 22.7 Å². The molecule has 0 aliphatic heterocycles. The Bertz CT molecular complexity index is 1170. The fourth-order valence-corrected chi connectivity index (χ4v) is 4.93. The Morgan fingerprint density at radius 1 is 0.941 bits per heavy atom. The molecule has 178 valence electrons. The maximum Gasteiger partial charge on any atom is 0.348 e. The lowest BCUT2D eigenvalue weighted by atomic mass is 10.1. The molecule has 0 radical (unpaired) electrons. The summed E-state index contributed by atoms with van der Waals surface area (Å²) in [5.41, 5.74) is 0.863. The highest BCUT2D eigenvalue weighted by Gasteiger charge is 2.30. The monoisotopic (exact) mass is 500 g/mol. The predicted molar refractivity (Wildman–Crippen MR) is 131 cm³/mol. The molecular formula is C24H24N2O6S2. The SMILES string of the molecule is CCOC(=O)c1sc(NC(NC(=O)c2ccccc2)C(=O)c2cccs2)c(C(=O)OCC)c1C. The maximum absolute atomic E-state index is 13.2. The van der Waals surface area contributed by atoms with Crippen LogP contribution >= 0.6 is 22.7 Å². The maximum atomic E-state index is 13.2. The number of hydrogen-bond donors (Lipinski definition) is 2. The lowest BCUT2D eigenvalue weighted by Crippen LogP contribution is -2.46. The van der Waals surface area contributed by atoms with Crippen molar-refractivity contribution in [3.05, 3.63) is 74.3 Å². The van der Waals surface area contributed by atoms with Crippen LogP contribution in [0.3, 0.4) is 0 Å². The second-order valence-electron chi connectivity index (χ2n) is 6.96. The lowest BCUT2D eigenvalue weighted by molar-refractivity contribution is 0.0526. The molecule has 2 N–H and O–H groups in total.